The number of esters is 1. The second kappa shape index (κ2) is 5.75. The molecule has 1 aromatic rings. The molecule has 78 valence electrons. The number of ether oxygens (including phenoxy) is 1. The van der Waals surface area contributed by atoms with Crippen molar-refractivity contribution < 1.29 is 9.53 Å². The summed E-state index contributed by atoms with van der Waals surface area (Å²) in [4.78, 5) is 11.5. The van der Waals surface area contributed by atoms with E-state index in [-0.39, 0.29) is 5.97 Å². The van der Waals surface area contributed by atoms with Gasteiger partial charge in [0.1, 0.15) is 5.76 Å². The highest BCUT2D eigenvalue weighted by molar-refractivity contribution is 5.89. The summed E-state index contributed by atoms with van der Waals surface area (Å²) in [5.41, 5.74) is 0.528. The molecule has 0 aromatic heterocycles. The minimum Gasteiger partial charge on any atom is -0.428 e. The molecule has 0 atom stereocenters. The first kappa shape index (κ1) is 11.2. The topological polar surface area (TPSA) is 50.1 Å². The van der Waals surface area contributed by atoms with Crippen molar-refractivity contribution in [3.05, 3.63) is 47.7 Å². The van der Waals surface area contributed by atoms with Gasteiger partial charge in [0.05, 0.1) is 5.56 Å². The van der Waals surface area contributed by atoms with E-state index >= 15 is 0 Å². The Bertz CT molecular complexity index is 368. The molecule has 0 radical (unpaired) electrons. The van der Waals surface area contributed by atoms with E-state index in [9.17, 15) is 4.79 Å². The Morgan fingerprint density at radius 2 is 2.07 bits per heavy atom. The van der Waals surface area contributed by atoms with E-state index in [0.29, 0.717) is 17.7 Å². The summed E-state index contributed by atoms with van der Waals surface area (Å²) >= 11 is 0. The van der Waals surface area contributed by atoms with Gasteiger partial charge < -0.3 is 10.1 Å². The molecule has 1 N–H and O–H groups in total. The van der Waals surface area contributed by atoms with Crippen LogP contribution in [0, 0.1) is 5.41 Å². The van der Waals surface area contributed by atoms with E-state index in [1.54, 1.807) is 37.3 Å². The molecule has 0 bridgehead atoms. The highest BCUT2D eigenvalue weighted by atomic mass is 16.5. The van der Waals surface area contributed by atoms with Crippen LogP contribution in [0.1, 0.15) is 23.7 Å². The van der Waals surface area contributed by atoms with Gasteiger partial charge in [-0.3, -0.25) is 0 Å². The number of benzene rings is 1. The number of nitrogens with one attached hydrogen (secondary N) is 1. The van der Waals surface area contributed by atoms with Crippen LogP contribution in [0.2, 0.25) is 0 Å². The van der Waals surface area contributed by atoms with Gasteiger partial charge in [0.25, 0.3) is 0 Å². The SMILES string of the molecule is C/C(=C\CC=N)OC(=O)c1ccccc1. The van der Waals surface area contributed by atoms with E-state index in [2.05, 4.69) is 0 Å². The molecule has 3 nitrogen and oxygen atoms in total. The lowest BCUT2D eigenvalue weighted by Gasteiger charge is -2.03. The Morgan fingerprint density at radius 1 is 1.40 bits per heavy atom. The number of carbonyl (C=O) groups is 1. The molecule has 3 heteroatoms. The van der Waals surface area contributed by atoms with Crippen molar-refractivity contribution in [3.63, 3.8) is 0 Å². The summed E-state index contributed by atoms with van der Waals surface area (Å²) in [6.45, 7) is 1.70. The molecular weight excluding hydrogens is 190 g/mol. The highest BCUT2D eigenvalue weighted by Gasteiger charge is 2.05. The lowest BCUT2D eigenvalue weighted by atomic mass is 10.2. The summed E-state index contributed by atoms with van der Waals surface area (Å²) in [6.07, 6.45) is 3.42. The van der Waals surface area contributed by atoms with Crippen molar-refractivity contribution >= 4 is 12.2 Å². The Balaban J connectivity index is 2.60. The smallest absolute Gasteiger partial charge is 0.343 e. The maximum Gasteiger partial charge on any atom is 0.343 e. The fourth-order valence-corrected chi connectivity index (χ4v) is 1.05. The number of hydrogen-bond donors (Lipinski definition) is 1. The monoisotopic (exact) mass is 203 g/mol. The van der Waals surface area contributed by atoms with Crippen molar-refractivity contribution in [3.8, 4) is 0 Å². The summed E-state index contributed by atoms with van der Waals surface area (Å²) < 4.78 is 5.06. The van der Waals surface area contributed by atoms with Gasteiger partial charge in [-0.1, -0.05) is 18.2 Å². The fourth-order valence-electron chi connectivity index (χ4n) is 1.05. The maximum atomic E-state index is 11.5. The average molecular weight is 203 g/mol. The molecule has 1 aromatic carbocycles. The van der Waals surface area contributed by atoms with Crippen molar-refractivity contribution in [1.29, 1.82) is 5.41 Å². The van der Waals surface area contributed by atoms with Gasteiger partial charge in [-0.05, 0) is 31.3 Å². The Morgan fingerprint density at radius 3 is 2.67 bits per heavy atom. The molecule has 0 saturated heterocycles. The van der Waals surface area contributed by atoms with Crippen LogP contribution in [0.4, 0.5) is 0 Å². The molecule has 0 aliphatic carbocycles. The van der Waals surface area contributed by atoms with Gasteiger partial charge in [0, 0.05) is 6.42 Å². The number of rotatable bonds is 4. The molecule has 15 heavy (non-hydrogen) atoms. The maximum absolute atomic E-state index is 11.5. The number of hydrogen-bond acceptors (Lipinski definition) is 3. The Hall–Kier alpha value is -1.90. The Kier molecular flexibility index (Phi) is 4.29. The first-order valence-electron chi connectivity index (χ1n) is 4.67. The van der Waals surface area contributed by atoms with Crippen LogP contribution in [0.15, 0.2) is 42.2 Å². The van der Waals surface area contributed by atoms with Gasteiger partial charge in [-0.2, -0.15) is 0 Å². The lowest BCUT2D eigenvalue weighted by molar-refractivity contribution is 0.0625. The van der Waals surface area contributed by atoms with Crippen LogP contribution in [0.5, 0.6) is 0 Å². The molecule has 0 spiro atoms. The highest BCUT2D eigenvalue weighted by Crippen LogP contribution is 2.05. The molecule has 1 rings (SSSR count). The summed E-state index contributed by atoms with van der Waals surface area (Å²) in [5.74, 6) is 0.154. The van der Waals surface area contributed by atoms with Crippen molar-refractivity contribution in [2.75, 3.05) is 0 Å². The molecule has 0 heterocycles. The van der Waals surface area contributed by atoms with Crippen LogP contribution < -0.4 is 0 Å². The van der Waals surface area contributed by atoms with Crippen LogP contribution in [0.3, 0.4) is 0 Å². The molecular formula is C12H13NO2. The third-order valence-corrected chi connectivity index (χ3v) is 1.79. The quantitative estimate of drug-likeness (QED) is 0.464. The zero-order chi connectivity index (χ0) is 11.1. The number of carbonyl (C=O) groups excluding carboxylic acids is 1. The fraction of sp³-hybridized carbons (Fsp3) is 0.167. The molecule has 0 aliphatic heterocycles. The van der Waals surface area contributed by atoms with E-state index in [1.807, 2.05) is 6.07 Å². The molecule has 0 aliphatic rings. The first-order valence-corrected chi connectivity index (χ1v) is 4.67. The third-order valence-electron chi connectivity index (χ3n) is 1.79. The summed E-state index contributed by atoms with van der Waals surface area (Å²) in [5, 5.41) is 6.83. The second-order valence-corrected chi connectivity index (χ2v) is 3.01. The van der Waals surface area contributed by atoms with Crippen LogP contribution >= 0.6 is 0 Å². The normalized spacial score (nSPS) is 10.9. The van der Waals surface area contributed by atoms with E-state index in [4.69, 9.17) is 10.1 Å². The third kappa shape index (κ3) is 3.77. The minimum atomic E-state index is -0.366. The van der Waals surface area contributed by atoms with Gasteiger partial charge in [0.15, 0.2) is 0 Å². The summed E-state index contributed by atoms with van der Waals surface area (Å²) in [7, 11) is 0. The van der Waals surface area contributed by atoms with Crippen molar-refractivity contribution in [2.45, 2.75) is 13.3 Å². The van der Waals surface area contributed by atoms with Crippen LogP contribution in [-0.2, 0) is 4.74 Å². The second-order valence-electron chi connectivity index (χ2n) is 3.01. The zero-order valence-electron chi connectivity index (χ0n) is 8.57. The van der Waals surface area contributed by atoms with E-state index in [0.717, 1.165) is 0 Å². The molecule has 0 amide bonds. The van der Waals surface area contributed by atoms with Gasteiger partial charge in [-0.15, -0.1) is 0 Å². The molecule has 0 unspecified atom stereocenters. The van der Waals surface area contributed by atoms with Gasteiger partial charge in [-0.25, -0.2) is 4.79 Å². The predicted octanol–water partition coefficient (Wildman–Crippen LogP) is 2.79. The Labute approximate surface area is 88.9 Å². The van der Waals surface area contributed by atoms with Crippen LogP contribution in [-0.4, -0.2) is 12.2 Å². The summed E-state index contributed by atoms with van der Waals surface area (Å²) in [6, 6.07) is 8.81. The van der Waals surface area contributed by atoms with Gasteiger partial charge in [0.2, 0.25) is 0 Å². The van der Waals surface area contributed by atoms with Crippen molar-refractivity contribution in [1.82, 2.24) is 0 Å². The van der Waals surface area contributed by atoms with E-state index in [1.165, 1.54) is 6.21 Å². The van der Waals surface area contributed by atoms with Gasteiger partial charge >= 0.3 is 5.97 Å². The number of allylic oxidation sites excluding steroid dienone is 2. The van der Waals surface area contributed by atoms with E-state index < -0.39 is 0 Å². The minimum absolute atomic E-state index is 0.366. The zero-order valence-corrected chi connectivity index (χ0v) is 8.57. The molecule has 0 saturated carbocycles. The first-order chi connectivity index (χ1) is 7.24. The lowest BCUT2D eigenvalue weighted by Crippen LogP contribution is -2.03. The van der Waals surface area contributed by atoms with Crippen LogP contribution in [0.25, 0.3) is 0 Å². The standard InChI is InChI=1S/C12H13NO2/c1-10(6-5-9-13)15-12(14)11-7-3-2-4-8-11/h2-4,6-9,13H,5H2,1H3/b10-6+,13-9?. The molecule has 0 fully saturated rings. The average Bonchev–Trinajstić information content (AvgIpc) is 2.27. The van der Waals surface area contributed by atoms with Crippen molar-refractivity contribution in [2.24, 2.45) is 0 Å². The predicted molar refractivity (Wildman–Crippen MR) is 59.0 cm³/mol. The largest absolute Gasteiger partial charge is 0.428 e.